The van der Waals surface area contributed by atoms with Gasteiger partial charge in [-0.25, -0.2) is 4.98 Å². The number of pyridine rings is 1. The Bertz CT molecular complexity index is 1350. The number of carbonyl (C=O) groups is 1. The van der Waals surface area contributed by atoms with Crippen molar-refractivity contribution in [2.45, 2.75) is 84.7 Å². The molecule has 0 fully saturated rings. The Morgan fingerprint density at radius 2 is 1.88 bits per heavy atom. The summed E-state index contributed by atoms with van der Waals surface area (Å²) in [5, 5.41) is 19.9. The second kappa shape index (κ2) is 12.0. The molecule has 2 N–H and O–H groups in total. The average Bonchev–Trinajstić information content (AvgIpc) is 2.93. The summed E-state index contributed by atoms with van der Waals surface area (Å²) >= 11 is 0. The number of benzene rings is 2. The number of rotatable bonds is 9. The second-order valence-corrected chi connectivity index (χ2v) is 12.0. The van der Waals surface area contributed by atoms with Gasteiger partial charge in [-0.3, -0.25) is 9.69 Å². The number of hydrogen-bond donors (Lipinski definition) is 2. The zero-order chi connectivity index (χ0) is 29.2. The van der Waals surface area contributed by atoms with Gasteiger partial charge in [-0.15, -0.1) is 0 Å². The Morgan fingerprint density at radius 1 is 1.12 bits per heavy atom. The van der Waals surface area contributed by atoms with Crippen molar-refractivity contribution in [3.63, 3.8) is 0 Å². The molecular formula is C33H42N2O5. The summed E-state index contributed by atoms with van der Waals surface area (Å²) in [6.07, 6.45) is 2.18. The van der Waals surface area contributed by atoms with Crippen molar-refractivity contribution < 1.29 is 24.5 Å². The Morgan fingerprint density at radius 3 is 2.52 bits per heavy atom. The molecule has 0 saturated carbocycles. The summed E-state index contributed by atoms with van der Waals surface area (Å²) in [5.74, 6) is -0.667. The number of aryl methyl sites for hydroxylation is 1. The van der Waals surface area contributed by atoms with Crippen molar-refractivity contribution in [2.24, 2.45) is 5.92 Å². The molecule has 0 amide bonds. The van der Waals surface area contributed by atoms with Gasteiger partial charge in [-0.2, -0.15) is 0 Å². The molecule has 1 unspecified atom stereocenters. The number of aliphatic hydroxyl groups is 1. The van der Waals surface area contributed by atoms with Crippen LogP contribution in [-0.2, 0) is 17.8 Å². The van der Waals surface area contributed by atoms with Crippen LogP contribution in [0.4, 0.5) is 0 Å². The smallest absolute Gasteiger partial charge is 0.309 e. The van der Waals surface area contributed by atoms with Gasteiger partial charge in [-0.05, 0) is 99.9 Å². The highest BCUT2D eigenvalue weighted by Gasteiger charge is 2.28. The molecule has 3 atom stereocenters. The van der Waals surface area contributed by atoms with Gasteiger partial charge >= 0.3 is 5.97 Å². The largest absolute Gasteiger partial charge is 0.485 e. The van der Waals surface area contributed by atoms with E-state index in [9.17, 15) is 15.0 Å². The Labute approximate surface area is 237 Å². The lowest BCUT2D eigenvalue weighted by Gasteiger charge is -2.39. The van der Waals surface area contributed by atoms with Crippen LogP contribution in [0.25, 0.3) is 11.1 Å². The van der Waals surface area contributed by atoms with Crippen LogP contribution >= 0.6 is 0 Å². The number of fused-ring (bicyclic) bond motifs is 1. The minimum Gasteiger partial charge on any atom is -0.485 e. The summed E-state index contributed by atoms with van der Waals surface area (Å²) in [6.45, 7) is 13.4. The second-order valence-electron chi connectivity index (χ2n) is 12.0. The Kier molecular flexibility index (Phi) is 8.86. The first-order chi connectivity index (χ1) is 18.9. The molecule has 2 heterocycles. The van der Waals surface area contributed by atoms with Crippen LogP contribution in [-0.4, -0.2) is 44.8 Å². The van der Waals surface area contributed by atoms with Crippen molar-refractivity contribution >= 4 is 5.97 Å². The van der Waals surface area contributed by atoms with E-state index >= 15 is 0 Å². The van der Waals surface area contributed by atoms with E-state index in [0.717, 1.165) is 41.6 Å². The van der Waals surface area contributed by atoms with Crippen molar-refractivity contribution in [1.82, 2.24) is 9.88 Å². The zero-order valence-corrected chi connectivity index (χ0v) is 24.6. The maximum Gasteiger partial charge on any atom is 0.309 e. The normalized spacial score (nSPS) is 16.8. The van der Waals surface area contributed by atoms with Crippen LogP contribution in [0.1, 0.15) is 82.4 Å². The highest BCUT2D eigenvalue weighted by Crippen LogP contribution is 2.39. The molecule has 0 saturated heterocycles. The molecule has 0 aliphatic carbocycles. The first-order valence-electron chi connectivity index (χ1n) is 14.0. The van der Waals surface area contributed by atoms with E-state index in [2.05, 4.69) is 62.7 Å². The molecular weight excluding hydrogens is 504 g/mol. The first kappa shape index (κ1) is 29.6. The summed E-state index contributed by atoms with van der Waals surface area (Å²) in [7, 11) is 1.63. The maximum atomic E-state index is 11.4. The number of aliphatic carboxylic acids is 1. The average molecular weight is 547 g/mol. The summed E-state index contributed by atoms with van der Waals surface area (Å²) in [6, 6.07) is 16.4. The first-order valence-corrected chi connectivity index (χ1v) is 14.0. The predicted octanol–water partition coefficient (Wildman–Crippen LogP) is 6.59. The van der Waals surface area contributed by atoms with Crippen molar-refractivity contribution in [2.75, 3.05) is 7.11 Å². The van der Waals surface area contributed by atoms with Gasteiger partial charge in [-0.1, -0.05) is 30.3 Å². The third kappa shape index (κ3) is 6.48. The molecule has 1 aliphatic rings. The van der Waals surface area contributed by atoms with Crippen LogP contribution in [0.3, 0.4) is 0 Å². The van der Waals surface area contributed by atoms with Crippen LogP contribution < -0.4 is 9.47 Å². The number of ether oxygens (including phenoxy) is 2. The Hall–Kier alpha value is -3.42. The lowest BCUT2D eigenvalue weighted by atomic mass is 9.90. The minimum atomic E-state index is -1.10. The van der Waals surface area contributed by atoms with E-state index in [1.54, 1.807) is 25.4 Å². The SMILES string of the molecule is COc1cc(-c2ccc(C3CCc4ccc([C@H](O)[C@H](C)C(=O)O)cc4O3)cc2CN(C(C)C)C(C)(C)C)ccn1. The number of carboxylic acids is 1. The summed E-state index contributed by atoms with van der Waals surface area (Å²) in [4.78, 5) is 18.2. The molecule has 40 heavy (non-hydrogen) atoms. The molecule has 2 aromatic carbocycles. The quantitative estimate of drug-likeness (QED) is 0.313. The Balaban J connectivity index is 1.70. The van der Waals surface area contributed by atoms with Crippen LogP contribution in [0.15, 0.2) is 54.7 Å². The fourth-order valence-electron chi connectivity index (χ4n) is 5.52. The van der Waals surface area contributed by atoms with Gasteiger partial charge in [0, 0.05) is 30.4 Å². The maximum absolute atomic E-state index is 11.4. The van der Waals surface area contributed by atoms with Gasteiger partial charge < -0.3 is 19.7 Å². The molecule has 0 bridgehead atoms. The zero-order valence-electron chi connectivity index (χ0n) is 24.6. The van der Waals surface area contributed by atoms with Gasteiger partial charge in [0.15, 0.2) is 0 Å². The molecule has 0 radical (unpaired) electrons. The van der Waals surface area contributed by atoms with Crippen LogP contribution in [0.2, 0.25) is 0 Å². The van der Waals surface area contributed by atoms with E-state index in [1.807, 2.05) is 18.2 Å². The van der Waals surface area contributed by atoms with E-state index in [1.165, 1.54) is 12.5 Å². The van der Waals surface area contributed by atoms with Gasteiger partial charge in [0.25, 0.3) is 0 Å². The third-order valence-electron chi connectivity index (χ3n) is 7.82. The molecule has 214 valence electrons. The van der Waals surface area contributed by atoms with E-state index in [4.69, 9.17) is 9.47 Å². The highest BCUT2D eigenvalue weighted by molar-refractivity contribution is 5.71. The summed E-state index contributed by atoms with van der Waals surface area (Å²) in [5.41, 5.74) is 6.05. The van der Waals surface area contributed by atoms with E-state index < -0.39 is 18.0 Å². The fraction of sp³-hybridized carbons (Fsp3) is 0.455. The van der Waals surface area contributed by atoms with E-state index in [0.29, 0.717) is 23.2 Å². The van der Waals surface area contributed by atoms with Gasteiger partial charge in [0.2, 0.25) is 5.88 Å². The standard InChI is InChI=1S/C33H42N2O5/c1-20(2)35(33(4,5)6)19-26-16-24(10-12-27(26)23-14-15-34-30(18-23)39-7)28-13-11-22-8-9-25(17-29(22)40-28)31(36)21(3)32(37)38/h8-10,12,14-18,20-21,28,31,36H,11,13,19H2,1-7H3,(H,37,38)/t21-,28?,31+/m0/s1. The highest BCUT2D eigenvalue weighted by atomic mass is 16.5. The van der Waals surface area contributed by atoms with E-state index in [-0.39, 0.29) is 11.6 Å². The fourth-order valence-corrected chi connectivity index (χ4v) is 5.52. The van der Waals surface area contributed by atoms with Crippen LogP contribution in [0, 0.1) is 5.92 Å². The minimum absolute atomic E-state index is 0.0258. The molecule has 7 heteroatoms. The van der Waals surface area contributed by atoms with Crippen molar-refractivity contribution in [3.8, 4) is 22.8 Å². The molecule has 1 aliphatic heterocycles. The van der Waals surface area contributed by atoms with Crippen molar-refractivity contribution in [1.29, 1.82) is 0 Å². The molecule has 4 rings (SSSR count). The topological polar surface area (TPSA) is 92.1 Å². The third-order valence-corrected chi connectivity index (χ3v) is 7.82. The predicted molar refractivity (Wildman–Crippen MR) is 157 cm³/mol. The number of methoxy groups -OCH3 is 1. The number of aromatic nitrogens is 1. The number of nitrogens with zero attached hydrogens (tertiary/aromatic N) is 2. The number of carboxylic acid groups (broad SMARTS) is 1. The molecule has 0 spiro atoms. The lowest BCUT2D eigenvalue weighted by Crippen LogP contribution is -2.45. The van der Waals surface area contributed by atoms with Crippen molar-refractivity contribution in [3.05, 3.63) is 77.0 Å². The van der Waals surface area contributed by atoms with Gasteiger partial charge in [0.1, 0.15) is 11.9 Å². The molecule has 3 aromatic rings. The van der Waals surface area contributed by atoms with Crippen LogP contribution in [0.5, 0.6) is 11.6 Å². The number of aliphatic hydroxyl groups excluding tert-OH is 1. The lowest BCUT2D eigenvalue weighted by molar-refractivity contribution is -0.145. The monoisotopic (exact) mass is 546 g/mol. The summed E-state index contributed by atoms with van der Waals surface area (Å²) < 4.78 is 11.9. The van der Waals surface area contributed by atoms with Gasteiger partial charge in [0.05, 0.1) is 19.1 Å². The molecule has 7 nitrogen and oxygen atoms in total. The molecule has 1 aromatic heterocycles. The number of hydrogen-bond acceptors (Lipinski definition) is 6.